The fourth-order valence-electron chi connectivity index (χ4n) is 3.03. The van der Waals surface area contributed by atoms with Crippen molar-refractivity contribution >= 4 is 40.8 Å². The molecule has 0 aliphatic heterocycles. The van der Waals surface area contributed by atoms with E-state index in [1.54, 1.807) is 0 Å². The molecule has 192 valence electrons. The maximum absolute atomic E-state index is 13.2. The van der Waals surface area contributed by atoms with E-state index in [9.17, 15) is 22.8 Å². The molecule has 0 spiro atoms. The summed E-state index contributed by atoms with van der Waals surface area (Å²) in [4.78, 5) is 25.8. The maximum atomic E-state index is 13.2. The molecule has 3 amide bonds. The van der Waals surface area contributed by atoms with Crippen LogP contribution in [0.1, 0.15) is 12.5 Å². The summed E-state index contributed by atoms with van der Waals surface area (Å²) in [5.74, 6) is -1.05. The number of anilines is 1. The molecule has 13 heteroatoms. The van der Waals surface area contributed by atoms with Gasteiger partial charge in [-0.3, -0.25) is 4.79 Å². The molecule has 0 aliphatic carbocycles. The summed E-state index contributed by atoms with van der Waals surface area (Å²) in [7, 11) is 2.79. The van der Waals surface area contributed by atoms with Gasteiger partial charge in [0.15, 0.2) is 6.29 Å². The van der Waals surface area contributed by atoms with Crippen molar-refractivity contribution in [1.82, 2.24) is 10.6 Å². The van der Waals surface area contributed by atoms with Crippen LogP contribution in [0.2, 0.25) is 10.0 Å². The first-order valence-electron chi connectivity index (χ1n) is 10.1. The average Bonchev–Trinajstić information content (AvgIpc) is 2.74. The maximum Gasteiger partial charge on any atom is 0.573 e. The average molecular weight is 544 g/mol. The zero-order valence-corrected chi connectivity index (χ0v) is 20.5. The minimum absolute atomic E-state index is 0.0100. The number of ether oxygens (including phenoxy) is 3. The fraction of sp³-hybridized carbons (Fsp3) is 0.364. The lowest BCUT2D eigenvalue weighted by Crippen LogP contribution is -2.59. The zero-order chi connectivity index (χ0) is 26.2. The quantitative estimate of drug-likeness (QED) is 0.376. The van der Waals surface area contributed by atoms with Gasteiger partial charge in [-0.25, -0.2) is 4.79 Å². The predicted octanol–water partition coefficient (Wildman–Crippen LogP) is 4.75. The highest BCUT2D eigenvalue weighted by Crippen LogP contribution is 2.26. The Bertz CT molecular complexity index is 1000. The lowest BCUT2D eigenvalue weighted by Gasteiger charge is -2.30. The SMILES string of the molecule is COC(CNC(=O)N[C@](C)(Cc1ccc(OC(F)(F)F)cc1)C(=O)N[13c]1[13cH][13c](Cl)[13cH][13c](Cl)[13cH]1)OC. The number of nitrogens with one attached hydrogen (secondary N) is 3. The van der Waals surface area contributed by atoms with E-state index in [1.165, 1.54) is 51.5 Å². The van der Waals surface area contributed by atoms with Crippen molar-refractivity contribution in [3.05, 3.63) is 58.1 Å². The zero-order valence-electron chi connectivity index (χ0n) is 19.0. The van der Waals surface area contributed by atoms with Crippen molar-refractivity contribution in [3.8, 4) is 5.75 Å². The van der Waals surface area contributed by atoms with E-state index < -0.39 is 35.9 Å². The standard InChI is InChI=1S/C22H24Cl2F3N3O5/c1-21(30-20(32)28-12-18(33-2)34-3,19(31)29-16-9-14(23)8-15(24)10-16)11-13-4-6-17(7-5-13)35-22(25,26)27/h4-10,18H,11-12H2,1-3H3,(H,29,31)(H2,28,30,32)/t21-/m1/s1/i8+1,9+1,10+1,14+1,15+1,16+1. The Morgan fingerprint density at radius 3 is 2.09 bits per heavy atom. The van der Waals surface area contributed by atoms with Crippen LogP contribution in [0.25, 0.3) is 0 Å². The molecule has 0 aliphatic rings. The van der Waals surface area contributed by atoms with Gasteiger partial charge in [-0.2, -0.15) is 0 Å². The van der Waals surface area contributed by atoms with Gasteiger partial charge in [0.25, 0.3) is 0 Å². The monoisotopic (exact) mass is 543 g/mol. The van der Waals surface area contributed by atoms with Crippen LogP contribution in [0.15, 0.2) is 42.5 Å². The van der Waals surface area contributed by atoms with Crippen LogP contribution in [-0.4, -0.2) is 50.9 Å². The molecule has 35 heavy (non-hydrogen) atoms. The number of rotatable bonds is 10. The molecular formula is C22H24Cl2F3N3O5. The van der Waals surface area contributed by atoms with Gasteiger partial charge >= 0.3 is 12.4 Å². The van der Waals surface area contributed by atoms with E-state index in [0.29, 0.717) is 5.56 Å². The van der Waals surface area contributed by atoms with Crippen molar-refractivity contribution in [2.45, 2.75) is 31.5 Å². The molecule has 2 aromatic carbocycles. The highest BCUT2D eigenvalue weighted by molar-refractivity contribution is 6.35. The van der Waals surface area contributed by atoms with E-state index in [0.717, 1.165) is 12.1 Å². The number of benzene rings is 2. The molecule has 1 atom stereocenters. The molecule has 0 unspecified atom stereocenters. The molecule has 0 saturated carbocycles. The largest absolute Gasteiger partial charge is 0.573 e. The van der Waals surface area contributed by atoms with Gasteiger partial charge in [0.2, 0.25) is 5.91 Å². The van der Waals surface area contributed by atoms with Crippen molar-refractivity contribution < 1.29 is 37.0 Å². The Kier molecular flexibility index (Phi) is 10.0. The number of alkyl halides is 3. The summed E-state index contributed by atoms with van der Waals surface area (Å²) in [6.07, 6.45) is -5.63. The highest BCUT2D eigenvalue weighted by Gasteiger charge is 2.36. The lowest BCUT2D eigenvalue weighted by atomic mass is 9.92. The second kappa shape index (κ2) is 12.3. The first-order valence-corrected chi connectivity index (χ1v) is 10.8. The van der Waals surface area contributed by atoms with Crippen LogP contribution in [0, 0.1) is 0 Å². The number of carbonyl (C=O) groups excluding carboxylic acids is 2. The summed E-state index contributed by atoms with van der Waals surface area (Å²) >= 11 is 12.0. The number of hydrogen-bond acceptors (Lipinski definition) is 5. The van der Waals surface area contributed by atoms with Crippen LogP contribution in [-0.2, 0) is 20.7 Å². The van der Waals surface area contributed by atoms with Crippen molar-refractivity contribution in [1.29, 1.82) is 0 Å². The minimum Gasteiger partial charge on any atom is -0.406 e. The molecule has 3 N–H and O–H groups in total. The van der Waals surface area contributed by atoms with Crippen LogP contribution < -0.4 is 20.7 Å². The van der Waals surface area contributed by atoms with E-state index in [-0.39, 0.29) is 28.7 Å². The van der Waals surface area contributed by atoms with Crippen molar-refractivity contribution in [2.75, 3.05) is 26.1 Å². The van der Waals surface area contributed by atoms with E-state index in [2.05, 4.69) is 20.7 Å². The van der Waals surface area contributed by atoms with E-state index >= 15 is 0 Å². The Morgan fingerprint density at radius 1 is 1.00 bits per heavy atom. The van der Waals surface area contributed by atoms with Gasteiger partial charge in [0.05, 0.1) is 6.54 Å². The number of carbonyl (C=O) groups is 2. The Balaban J connectivity index is 2.24. The molecule has 0 fully saturated rings. The van der Waals surface area contributed by atoms with Crippen molar-refractivity contribution in [2.24, 2.45) is 0 Å². The second-order valence-electron chi connectivity index (χ2n) is 7.55. The molecule has 0 saturated heterocycles. The first kappa shape index (κ1) is 28.5. The summed E-state index contributed by atoms with van der Waals surface area (Å²) in [5, 5.41) is 8.34. The fourth-order valence-corrected chi connectivity index (χ4v) is 3.55. The van der Waals surface area contributed by atoms with Crippen LogP contribution in [0.5, 0.6) is 5.75 Å². The molecule has 0 radical (unpaired) electrons. The molecule has 0 heterocycles. The smallest absolute Gasteiger partial charge is 0.406 e. The predicted molar refractivity (Wildman–Crippen MR) is 125 cm³/mol. The highest BCUT2D eigenvalue weighted by atomic mass is 35.5. The van der Waals surface area contributed by atoms with Gasteiger partial charge in [0.1, 0.15) is 11.3 Å². The second-order valence-corrected chi connectivity index (χ2v) is 8.42. The van der Waals surface area contributed by atoms with Gasteiger partial charge in [-0.1, -0.05) is 35.3 Å². The Hall–Kier alpha value is -2.73. The van der Waals surface area contributed by atoms with Gasteiger partial charge < -0.3 is 30.2 Å². The third-order valence-electron chi connectivity index (χ3n) is 4.68. The van der Waals surface area contributed by atoms with Gasteiger partial charge in [-0.15, -0.1) is 13.2 Å². The number of halogens is 5. The summed E-state index contributed by atoms with van der Waals surface area (Å²) in [5.41, 5.74) is -0.817. The molecule has 2 aromatic rings. The Labute approximate surface area is 210 Å². The lowest BCUT2D eigenvalue weighted by molar-refractivity contribution is -0.274. The topological polar surface area (TPSA) is 97.9 Å². The molecule has 0 aromatic heterocycles. The van der Waals surface area contributed by atoms with E-state index in [4.69, 9.17) is 32.7 Å². The van der Waals surface area contributed by atoms with Gasteiger partial charge in [0, 0.05) is 36.4 Å². The summed E-state index contributed by atoms with van der Waals surface area (Å²) in [6.45, 7) is 1.45. The normalized spacial score (nSPS) is 13.2. The molecular weight excluding hydrogens is 520 g/mol. The Morgan fingerprint density at radius 2 is 1.57 bits per heavy atom. The molecule has 8 nitrogen and oxygen atoms in total. The van der Waals surface area contributed by atoms with Crippen molar-refractivity contribution in [3.63, 3.8) is 0 Å². The number of hydrogen-bond donors (Lipinski definition) is 3. The minimum atomic E-state index is -4.84. The summed E-state index contributed by atoms with van der Waals surface area (Å²) < 4.78 is 51.2. The summed E-state index contributed by atoms with van der Waals surface area (Å²) in [6, 6.07) is 8.65. The van der Waals surface area contributed by atoms with E-state index in [1.807, 2.05) is 0 Å². The molecule has 2 rings (SSSR count). The first-order chi connectivity index (χ1) is 16.3. The van der Waals surface area contributed by atoms with Crippen LogP contribution >= 0.6 is 23.2 Å². The third-order valence-corrected chi connectivity index (χ3v) is 5.12. The third kappa shape index (κ3) is 9.44. The van der Waals surface area contributed by atoms with Crippen LogP contribution in [0.4, 0.5) is 23.7 Å². The van der Waals surface area contributed by atoms with Gasteiger partial charge in [-0.05, 0) is 42.8 Å². The number of amides is 3. The number of urea groups is 1. The van der Waals surface area contributed by atoms with Crippen LogP contribution in [0.3, 0.4) is 0 Å². The number of methoxy groups -OCH3 is 2. The molecule has 0 bridgehead atoms.